The van der Waals surface area contributed by atoms with Crippen molar-refractivity contribution in [2.45, 2.75) is 84.7 Å². The summed E-state index contributed by atoms with van der Waals surface area (Å²) in [6, 6.07) is 0. The highest BCUT2D eigenvalue weighted by atomic mass is 19.4. The first-order chi connectivity index (χ1) is 10.9. The van der Waals surface area contributed by atoms with Crippen molar-refractivity contribution < 1.29 is 18.0 Å². The lowest BCUT2D eigenvalue weighted by molar-refractivity contribution is -0.139. The second-order valence-corrected chi connectivity index (χ2v) is 5.96. The highest BCUT2D eigenvalue weighted by molar-refractivity contribution is 5.94. The van der Waals surface area contributed by atoms with Crippen LogP contribution in [0, 0.1) is 0 Å². The Kier molecular flexibility index (Phi) is 11.9. The van der Waals surface area contributed by atoms with Gasteiger partial charge < -0.3 is 4.90 Å². The van der Waals surface area contributed by atoms with Gasteiger partial charge >= 0.3 is 6.18 Å². The summed E-state index contributed by atoms with van der Waals surface area (Å²) in [5.74, 6) is -0.852. The molecule has 5 heteroatoms. The van der Waals surface area contributed by atoms with Gasteiger partial charge in [-0.25, -0.2) is 0 Å². The number of halogens is 3. The fourth-order valence-corrected chi connectivity index (χ4v) is 2.32. The average molecular weight is 335 g/mol. The van der Waals surface area contributed by atoms with Gasteiger partial charge in [-0.15, -0.1) is 0 Å². The van der Waals surface area contributed by atoms with E-state index in [1.165, 1.54) is 4.90 Å². The van der Waals surface area contributed by atoms with Crippen molar-refractivity contribution in [3.63, 3.8) is 0 Å². The van der Waals surface area contributed by atoms with Crippen molar-refractivity contribution in [2.75, 3.05) is 13.1 Å². The van der Waals surface area contributed by atoms with E-state index in [1.54, 1.807) is 0 Å². The topological polar surface area (TPSA) is 20.3 Å². The lowest BCUT2D eigenvalue weighted by atomic mass is 10.1. The fraction of sp³-hybridized carbons (Fsp3) is 0.833. The Bertz CT molecular complexity index is 343. The van der Waals surface area contributed by atoms with E-state index < -0.39 is 17.7 Å². The third-order valence-electron chi connectivity index (χ3n) is 3.79. The monoisotopic (exact) mass is 335 g/mol. The summed E-state index contributed by atoms with van der Waals surface area (Å²) in [6.45, 7) is 6.80. The fourth-order valence-electron chi connectivity index (χ4n) is 2.32. The number of unbranched alkanes of at least 4 members (excludes halogenated alkanes) is 6. The molecule has 136 valence electrons. The molecule has 0 aromatic heterocycles. The highest BCUT2D eigenvalue weighted by Crippen LogP contribution is 2.28. The summed E-state index contributed by atoms with van der Waals surface area (Å²) in [7, 11) is 0. The van der Waals surface area contributed by atoms with Crippen LogP contribution < -0.4 is 0 Å². The number of allylic oxidation sites excluding steroid dienone is 1. The van der Waals surface area contributed by atoms with Gasteiger partial charge in [0, 0.05) is 13.1 Å². The zero-order valence-electron chi connectivity index (χ0n) is 14.8. The standard InChI is InChI=1S/C18H32F3NO/c1-4-7-10-11-12-13-16(18(19,20)21)17(23)22(14-8-5-2)15-9-6-3/h13H,4-12,14-15H2,1-3H3/b16-13-. The zero-order valence-corrected chi connectivity index (χ0v) is 14.8. The Hall–Kier alpha value is -1.00. The van der Waals surface area contributed by atoms with Crippen LogP contribution in [0.2, 0.25) is 0 Å². The molecule has 0 saturated carbocycles. The SMILES string of the molecule is CCCCCC/C=C(/C(=O)N(CCCC)CCCC)C(F)(F)F. The van der Waals surface area contributed by atoms with E-state index in [0.717, 1.165) is 51.0 Å². The Labute approximate surface area is 139 Å². The molecule has 0 aliphatic heterocycles. The third kappa shape index (κ3) is 9.67. The van der Waals surface area contributed by atoms with Crippen LogP contribution in [0.1, 0.15) is 78.6 Å². The second-order valence-electron chi connectivity index (χ2n) is 5.96. The van der Waals surface area contributed by atoms with E-state index in [-0.39, 0.29) is 0 Å². The molecule has 0 rings (SSSR count). The maximum absolute atomic E-state index is 13.2. The molecule has 23 heavy (non-hydrogen) atoms. The zero-order chi connectivity index (χ0) is 17.7. The number of rotatable bonds is 12. The normalized spacial score (nSPS) is 12.5. The molecule has 2 nitrogen and oxygen atoms in total. The Morgan fingerprint density at radius 3 is 1.83 bits per heavy atom. The molecular weight excluding hydrogens is 303 g/mol. The molecule has 0 bridgehead atoms. The summed E-state index contributed by atoms with van der Waals surface area (Å²) >= 11 is 0. The number of carbonyl (C=O) groups is 1. The van der Waals surface area contributed by atoms with E-state index in [2.05, 4.69) is 6.92 Å². The van der Waals surface area contributed by atoms with Crippen molar-refractivity contribution >= 4 is 5.91 Å². The summed E-state index contributed by atoms with van der Waals surface area (Å²) in [5, 5.41) is 0. The van der Waals surface area contributed by atoms with Crippen LogP contribution in [-0.2, 0) is 4.79 Å². The van der Waals surface area contributed by atoms with Crippen molar-refractivity contribution in [1.29, 1.82) is 0 Å². The minimum atomic E-state index is -4.57. The van der Waals surface area contributed by atoms with Gasteiger partial charge in [-0.05, 0) is 25.7 Å². The van der Waals surface area contributed by atoms with Gasteiger partial charge in [-0.2, -0.15) is 13.2 Å². The van der Waals surface area contributed by atoms with Crippen LogP contribution in [0.15, 0.2) is 11.6 Å². The number of carbonyl (C=O) groups excluding carboxylic acids is 1. The molecule has 0 saturated heterocycles. The van der Waals surface area contributed by atoms with Crippen LogP contribution in [-0.4, -0.2) is 30.1 Å². The molecule has 0 fully saturated rings. The van der Waals surface area contributed by atoms with E-state index in [9.17, 15) is 18.0 Å². The molecule has 0 unspecified atom stereocenters. The van der Waals surface area contributed by atoms with Crippen LogP contribution >= 0.6 is 0 Å². The summed E-state index contributed by atoms with van der Waals surface area (Å²) in [6.07, 6.45) is 3.69. The quantitative estimate of drug-likeness (QED) is 0.322. The Morgan fingerprint density at radius 2 is 1.39 bits per heavy atom. The molecule has 0 spiro atoms. The second kappa shape index (κ2) is 12.4. The molecule has 0 N–H and O–H groups in total. The van der Waals surface area contributed by atoms with Crippen molar-refractivity contribution in [3.8, 4) is 0 Å². The van der Waals surface area contributed by atoms with Crippen molar-refractivity contribution in [1.82, 2.24) is 4.90 Å². The predicted octanol–water partition coefficient (Wildman–Crippen LogP) is 5.87. The van der Waals surface area contributed by atoms with Gasteiger partial charge in [0.2, 0.25) is 0 Å². The largest absolute Gasteiger partial charge is 0.421 e. The van der Waals surface area contributed by atoms with Crippen LogP contribution in [0.5, 0.6) is 0 Å². The Morgan fingerprint density at radius 1 is 0.870 bits per heavy atom. The van der Waals surface area contributed by atoms with E-state index in [4.69, 9.17) is 0 Å². The summed E-state index contributed by atoms with van der Waals surface area (Å²) < 4.78 is 39.7. The molecule has 1 amide bonds. The van der Waals surface area contributed by atoms with E-state index in [1.807, 2.05) is 13.8 Å². The van der Waals surface area contributed by atoms with Gasteiger partial charge in [0.25, 0.3) is 5.91 Å². The predicted molar refractivity (Wildman–Crippen MR) is 89.3 cm³/mol. The molecule has 0 aliphatic rings. The Balaban J connectivity index is 4.95. The van der Waals surface area contributed by atoms with Crippen LogP contribution in [0.4, 0.5) is 13.2 Å². The number of nitrogens with zero attached hydrogens (tertiary/aromatic N) is 1. The van der Waals surface area contributed by atoms with E-state index >= 15 is 0 Å². The van der Waals surface area contributed by atoms with Gasteiger partial charge in [-0.3, -0.25) is 4.79 Å². The molecule has 0 aliphatic carbocycles. The minimum absolute atomic E-state index is 0.315. The minimum Gasteiger partial charge on any atom is -0.339 e. The molecule has 0 atom stereocenters. The lowest BCUT2D eigenvalue weighted by Gasteiger charge is -2.24. The third-order valence-corrected chi connectivity index (χ3v) is 3.79. The average Bonchev–Trinajstić information content (AvgIpc) is 2.49. The van der Waals surface area contributed by atoms with Crippen molar-refractivity contribution in [2.24, 2.45) is 0 Å². The first-order valence-corrected chi connectivity index (χ1v) is 8.95. The molecular formula is C18H32F3NO. The molecule has 0 radical (unpaired) electrons. The summed E-state index contributed by atoms with van der Waals surface area (Å²) in [5.41, 5.74) is -0.985. The van der Waals surface area contributed by atoms with Crippen molar-refractivity contribution in [3.05, 3.63) is 11.6 Å². The first-order valence-electron chi connectivity index (χ1n) is 8.95. The maximum Gasteiger partial charge on any atom is 0.421 e. The number of hydrogen-bond acceptors (Lipinski definition) is 1. The molecule has 0 aromatic carbocycles. The molecule has 0 aromatic rings. The highest BCUT2D eigenvalue weighted by Gasteiger charge is 2.40. The van der Waals surface area contributed by atoms with E-state index in [0.29, 0.717) is 25.9 Å². The smallest absolute Gasteiger partial charge is 0.339 e. The molecule has 0 heterocycles. The van der Waals surface area contributed by atoms with Gasteiger partial charge in [0.1, 0.15) is 5.57 Å². The van der Waals surface area contributed by atoms with Gasteiger partial charge in [-0.1, -0.05) is 59.0 Å². The van der Waals surface area contributed by atoms with Gasteiger partial charge in [0.15, 0.2) is 0 Å². The number of amides is 1. The number of alkyl halides is 3. The van der Waals surface area contributed by atoms with Gasteiger partial charge in [0.05, 0.1) is 0 Å². The lowest BCUT2D eigenvalue weighted by Crippen LogP contribution is -2.38. The summed E-state index contributed by atoms with van der Waals surface area (Å²) in [4.78, 5) is 13.7. The number of hydrogen-bond donors (Lipinski definition) is 0. The maximum atomic E-state index is 13.2. The van der Waals surface area contributed by atoms with Crippen LogP contribution in [0.25, 0.3) is 0 Å². The van der Waals surface area contributed by atoms with Crippen LogP contribution in [0.3, 0.4) is 0 Å². The first kappa shape index (κ1) is 22.0.